The predicted octanol–water partition coefficient (Wildman–Crippen LogP) is 4.68. The molecular formula is C18H21NO2Si. The van der Waals surface area contributed by atoms with Crippen LogP contribution in [0.1, 0.15) is 17.2 Å². The summed E-state index contributed by atoms with van der Waals surface area (Å²) in [7, 11) is -1.81. The molecule has 1 atom stereocenters. The normalized spacial score (nSPS) is 12.5. The number of hydrogen-bond donors (Lipinski definition) is 0. The maximum Gasteiger partial charge on any atom is 0.186 e. The average Bonchev–Trinajstić information content (AvgIpc) is 2.51. The number of rotatable bonds is 6. The molecular weight excluding hydrogens is 290 g/mol. The molecule has 0 amide bonds. The van der Waals surface area contributed by atoms with Crippen LogP contribution in [0, 0.1) is 11.3 Å². The molecule has 22 heavy (non-hydrogen) atoms. The lowest BCUT2D eigenvalue weighted by Gasteiger charge is -2.23. The van der Waals surface area contributed by atoms with Crippen molar-refractivity contribution in [1.82, 2.24) is 0 Å². The second-order valence-corrected chi connectivity index (χ2v) is 10.5. The van der Waals surface area contributed by atoms with Gasteiger partial charge in [-0.05, 0) is 31.3 Å². The van der Waals surface area contributed by atoms with Crippen LogP contribution >= 0.6 is 0 Å². The first-order valence-corrected chi connectivity index (χ1v) is 10.7. The minimum absolute atomic E-state index is 0.475. The Morgan fingerprint density at radius 3 is 2.27 bits per heavy atom. The molecule has 0 saturated heterocycles. The van der Waals surface area contributed by atoms with Crippen LogP contribution in [0.5, 0.6) is 5.75 Å². The Balaban J connectivity index is 2.17. The van der Waals surface area contributed by atoms with Crippen LogP contribution in [0.25, 0.3) is 0 Å². The van der Waals surface area contributed by atoms with Crippen LogP contribution in [0.15, 0.2) is 54.6 Å². The quantitative estimate of drug-likeness (QED) is 0.727. The van der Waals surface area contributed by atoms with Gasteiger partial charge in [-0.2, -0.15) is 5.26 Å². The Bertz CT molecular complexity index is 644. The molecule has 2 aromatic rings. The van der Waals surface area contributed by atoms with Crippen LogP contribution in [0.2, 0.25) is 19.6 Å². The lowest BCUT2D eigenvalue weighted by atomic mass is 10.1. The van der Waals surface area contributed by atoms with Crippen molar-refractivity contribution in [2.24, 2.45) is 0 Å². The van der Waals surface area contributed by atoms with Crippen molar-refractivity contribution in [3.63, 3.8) is 0 Å². The molecule has 2 rings (SSSR count). The minimum atomic E-state index is -1.81. The van der Waals surface area contributed by atoms with Crippen LogP contribution in [-0.4, -0.2) is 8.32 Å². The summed E-state index contributed by atoms with van der Waals surface area (Å²) in [5, 5.41) is 9.44. The molecule has 0 fully saturated rings. The fraction of sp³-hybridized carbons (Fsp3) is 0.278. The van der Waals surface area contributed by atoms with E-state index in [4.69, 9.17) is 9.16 Å². The zero-order chi connectivity index (χ0) is 16.0. The summed E-state index contributed by atoms with van der Waals surface area (Å²) in [5.74, 6) is 0.705. The molecule has 0 aromatic heterocycles. The van der Waals surface area contributed by atoms with Gasteiger partial charge in [0.1, 0.15) is 12.4 Å². The first kappa shape index (κ1) is 16.3. The molecule has 0 N–H and O–H groups in total. The van der Waals surface area contributed by atoms with Gasteiger partial charge in [0.15, 0.2) is 14.4 Å². The Labute approximate surface area is 133 Å². The molecule has 3 nitrogen and oxygen atoms in total. The third-order valence-corrected chi connectivity index (χ3v) is 3.97. The highest BCUT2D eigenvalue weighted by Gasteiger charge is 2.24. The number of nitriles is 1. The molecule has 0 aliphatic rings. The van der Waals surface area contributed by atoms with Gasteiger partial charge < -0.3 is 9.16 Å². The molecule has 0 spiro atoms. The van der Waals surface area contributed by atoms with Gasteiger partial charge in [-0.25, -0.2) is 0 Å². The fourth-order valence-corrected chi connectivity index (χ4v) is 2.96. The van der Waals surface area contributed by atoms with Crippen LogP contribution in [0.4, 0.5) is 0 Å². The number of para-hydroxylation sites is 1. The SMILES string of the molecule is C[Si](C)(C)O[C@H](C#N)c1ccccc1OCc1ccccc1. The first-order valence-electron chi connectivity index (χ1n) is 7.33. The molecule has 0 unspecified atom stereocenters. The lowest BCUT2D eigenvalue weighted by Crippen LogP contribution is -2.27. The zero-order valence-corrected chi connectivity index (χ0v) is 14.2. The topological polar surface area (TPSA) is 42.2 Å². The van der Waals surface area contributed by atoms with Gasteiger partial charge in [-0.15, -0.1) is 0 Å². The molecule has 0 bridgehead atoms. The van der Waals surface area contributed by atoms with E-state index in [1.165, 1.54) is 0 Å². The Morgan fingerprint density at radius 2 is 1.64 bits per heavy atom. The third kappa shape index (κ3) is 4.73. The average molecular weight is 311 g/mol. The third-order valence-electron chi connectivity index (χ3n) is 3.03. The van der Waals surface area contributed by atoms with Crippen molar-refractivity contribution in [1.29, 1.82) is 5.26 Å². The van der Waals surface area contributed by atoms with E-state index in [0.29, 0.717) is 12.4 Å². The maximum absolute atomic E-state index is 9.44. The summed E-state index contributed by atoms with van der Waals surface area (Å²) in [6, 6.07) is 19.8. The summed E-state index contributed by atoms with van der Waals surface area (Å²) in [4.78, 5) is 0. The highest BCUT2D eigenvalue weighted by atomic mass is 28.4. The molecule has 0 saturated carbocycles. The van der Waals surface area contributed by atoms with E-state index < -0.39 is 14.4 Å². The van der Waals surface area contributed by atoms with Crippen LogP contribution in [0.3, 0.4) is 0 Å². The molecule has 0 radical (unpaired) electrons. The minimum Gasteiger partial charge on any atom is -0.488 e. The van der Waals surface area contributed by atoms with Gasteiger partial charge in [-0.3, -0.25) is 0 Å². The molecule has 2 aromatic carbocycles. The van der Waals surface area contributed by atoms with E-state index in [-0.39, 0.29) is 0 Å². The number of hydrogen-bond acceptors (Lipinski definition) is 3. The number of nitrogens with zero attached hydrogens (tertiary/aromatic N) is 1. The van der Waals surface area contributed by atoms with E-state index in [1.807, 2.05) is 54.6 Å². The molecule has 0 aliphatic carbocycles. The second-order valence-electron chi connectivity index (χ2n) is 6.05. The lowest BCUT2D eigenvalue weighted by molar-refractivity contribution is 0.239. The van der Waals surface area contributed by atoms with E-state index in [0.717, 1.165) is 11.1 Å². The largest absolute Gasteiger partial charge is 0.488 e. The summed E-state index contributed by atoms with van der Waals surface area (Å²) in [5.41, 5.74) is 1.89. The highest BCUT2D eigenvalue weighted by molar-refractivity contribution is 6.69. The Hall–Kier alpha value is -2.09. The molecule has 4 heteroatoms. The van der Waals surface area contributed by atoms with Crippen molar-refractivity contribution in [2.45, 2.75) is 32.4 Å². The monoisotopic (exact) mass is 311 g/mol. The van der Waals surface area contributed by atoms with E-state index in [1.54, 1.807) is 0 Å². The summed E-state index contributed by atoms with van der Waals surface area (Å²) in [6.45, 7) is 6.70. The van der Waals surface area contributed by atoms with Gasteiger partial charge in [-0.1, -0.05) is 48.5 Å². The first-order chi connectivity index (χ1) is 10.5. The summed E-state index contributed by atoms with van der Waals surface area (Å²) < 4.78 is 11.9. The number of ether oxygens (including phenoxy) is 1. The van der Waals surface area contributed by atoms with E-state index >= 15 is 0 Å². The Morgan fingerprint density at radius 1 is 1.00 bits per heavy atom. The molecule has 0 heterocycles. The predicted molar refractivity (Wildman–Crippen MR) is 90.0 cm³/mol. The van der Waals surface area contributed by atoms with E-state index in [9.17, 15) is 5.26 Å². The summed E-state index contributed by atoms with van der Waals surface area (Å²) >= 11 is 0. The van der Waals surface area contributed by atoms with Crippen LogP contribution < -0.4 is 4.74 Å². The van der Waals surface area contributed by atoms with Gasteiger partial charge in [0.2, 0.25) is 0 Å². The van der Waals surface area contributed by atoms with Crippen molar-refractivity contribution in [2.75, 3.05) is 0 Å². The zero-order valence-electron chi connectivity index (χ0n) is 13.2. The fourth-order valence-electron chi connectivity index (χ4n) is 2.08. The number of benzene rings is 2. The second kappa shape index (κ2) is 7.26. The van der Waals surface area contributed by atoms with Crippen molar-refractivity contribution >= 4 is 8.32 Å². The van der Waals surface area contributed by atoms with E-state index in [2.05, 4.69) is 25.7 Å². The molecule has 114 valence electrons. The van der Waals surface area contributed by atoms with Crippen molar-refractivity contribution in [3.8, 4) is 11.8 Å². The van der Waals surface area contributed by atoms with Gasteiger partial charge in [0.25, 0.3) is 0 Å². The van der Waals surface area contributed by atoms with Crippen molar-refractivity contribution < 1.29 is 9.16 Å². The molecule has 0 aliphatic heterocycles. The van der Waals surface area contributed by atoms with Gasteiger partial charge in [0.05, 0.1) is 6.07 Å². The smallest absolute Gasteiger partial charge is 0.186 e. The van der Waals surface area contributed by atoms with Gasteiger partial charge in [0, 0.05) is 5.56 Å². The van der Waals surface area contributed by atoms with Crippen molar-refractivity contribution in [3.05, 3.63) is 65.7 Å². The maximum atomic E-state index is 9.44. The summed E-state index contributed by atoms with van der Waals surface area (Å²) in [6.07, 6.45) is -0.585. The highest BCUT2D eigenvalue weighted by Crippen LogP contribution is 2.30. The standard InChI is InChI=1S/C18H21NO2Si/c1-22(2,3)21-18(13-19)16-11-7-8-12-17(16)20-14-15-9-5-4-6-10-15/h4-12,18H,14H2,1-3H3/t18-/m1/s1. The Kier molecular flexibility index (Phi) is 5.37. The van der Waals surface area contributed by atoms with Gasteiger partial charge >= 0.3 is 0 Å². The van der Waals surface area contributed by atoms with Crippen LogP contribution in [-0.2, 0) is 11.0 Å².